The number of nitrogens with zero attached hydrogens (tertiary/aromatic N) is 1. The number of nitriles is 1. The highest BCUT2D eigenvalue weighted by Gasteiger charge is 2.42. The normalized spacial score (nSPS) is 36.2. The van der Waals surface area contributed by atoms with Gasteiger partial charge < -0.3 is 9.47 Å². The van der Waals surface area contributed by atoms with Crippen LogP contribution in [0, 0.1) is 17.2 Å². The van der Waals surface area contributed by atoms with Crippen LogP contribution >= 0.6 is 0 Å². The second kappa shape index (κ2) is 2.66. The van der Waals surface area contributed by atoms with Crippen LogP contribution < -0.4 is 5.32 Å². The van der Waals surface area contributed by atoms with Gasteiger partial charge >= 0.3 is 6.09 Å². The number of amides is 1. The number of carbonyl (C=O) groups excluding carboxylic acids is 1. The van der Waals surface area contributed by atoms with Crippen molar-refractivity contribution in [3.8, 4) is 6.07 Å². The molecule has 2 rings (SSSR count). The summed E-state index contributed by atoms with van der Waals surface area (Å²) < 4.78 is 10.1. The van der Waals surface area contributed by atoms with Crippen LogP contribution in [0.4, 0.5) is 4.79 Å². The molecule has 13 heavy (non-hydrogen) atoms. The molecule has 0 aromatic rings. The summed E-state index contributed by atoms with van der Waals surface area (Å²) >= 11 is 0. The lowest BCUT2D eigenvalue weighted by Crippen LogP contribution is -2.39. The molecule has 1 amide bonds. The maximum Gasteiger partial charge on any atom is 0.410 e. The smallest absolute Gasteiger partial charge is 0.410 e. The molecular formula is C8H8N2O3. The first kappa shape index (κ1) is 7.92. The van der Waals surface area contributed by atoms with Gasteiger partial charge in [-0.1, -0.05) is 6.92 Å². The molecule has 2 aliphatic rings. The second-order valence-electron chi connectivity index (χ2n) is 3.05. The maximum atomic E-state index is 10.8. The van der Waals surface area contributed by atoms with Crippen molar-refractivity contribution < 1.29 is 14.3 Å². The van der Waals surface area contributed by atoms with Gasteiger partial charge in [0.1, 0.15) is 6.07 Å². The third-order valence-corrected chi connectivity index (χ3v) is 2.10. The zero-order valence-electron chi connectivity index (χ0n) is 6.98. The molecule has 1 N–H and O–H groups in total. The SMILES string of the molecule is C[C@@H]1C=C(C#N)O[C@H]2NC(=O)O[C@H]12. The number of ether oxygens (including phenoxy) is 2. The molecule has 0 unspecified atom stereocenters. The van der Waals surface area contributed by atoms with Crippen molar-refractivity contribution in [1.82, 2.24) is 5.32 Å². The van der Waals surface area contributed by atoms with Gasteiger partial charge in [-0.3, -0.25) is 5.32 Å². The molecule has 0 saturated carbocycles. The number of rotatable bonds is 0. The fraction of sp³-hybridized carbons (Fsp3) is 0.500. The van der Waals surface area contributed by atoms with E-state index in [1.54, 1.807) is 6.08 Å². The van der Waals surface area contributed by atoms with E-state index in [1.165, 1.54) is 0 Å². The largest absolute Gasteiger partial charge is 0.457 e. The first-order valence-corrected chi connectivity index (χ1v) is 3.96. The number of alkyl carbamates (subject to hydrolysis) is 1. The summed E-state index contributed by atoms with van der Waals surface area (Å²) in [4.78, 5) is 10.8. The Morgan fingerprint density at radius 2 is 2.38 bits per heavy atom. The van der Waals surface area contributed by atoms with Crippen LogP contribution in [0.2, 0.25) is 0 Å². The van der Waals surface area contributed by atoms with E-state index in [0.717, 1.165) is 0 Å². The lowest BCUT2D eigenvalue weighted by molar-refractivity contribution is 0.000405. The lowest BCUT2D eigenvalue weighted by atomic mass is 10.0. The van der Waals surface area contributed by atoms with Gasteiger partial charge in [0.2, 0.25) is 6.23 Å². The summed E-state index contributed by atoms with van der Waals surface area (Å²) in [5.74, 6) is 0.242. The Balaban J connectivity index is 2.22. The van der Waals surface area contributed by atoms with E-state index in [1.807, 2.05) is 13.0 Å². The van der Waals surface area contributed by atoms with Crippen molar-refractivity contribution in [2.24, 2.45) is 5.92 Å². The summed E-state index contributed by atoms with van der Waals surface area (Å²) in [5, 5.41) is 11.1. The predicted octanol–water partition coefficient (Wildman–Crippen LogP) is 0.495. The van der Waals surface area contributed by atoms with Gasteiger partial charge in [0.25, 0.3) is 0 Å². The van der Waals surface area contributed by atoms with E-state index in [4.69, 9.17) is 14.7 Å². The monoisotopic (exact) mass is 180 g/mol. The molecule has 0 radical (unpaired) electrons. The van der Waals surface area contributed by atoms with Crippen LogP contribution in [0.5, 0.6) is 0 Å². The first-order valence-electron chi connectivity index (χ1n) is 3.96. The molecular weight excluding hydrogens is 172 g/mol. The van der Waals surface area contributed by atoms with Crippen molar-refractivity contribution in [2.45, 2.75) is 19.3 Å². The molecule has 0 aliphatic carbocycles. The third-order valence-electron chi connectivity index (χ3n) is 2.10. The topological polar surface area (TPSA) is 71.3 Å². The standard InChI is InChI=1S/C8H8N2O3/c1-4-2-5(3-9)12-7-6(4)13-8(11)10-7/h2,4,6-7H,1H3,(H,10,11)/t4-,6-,7-/m1/s1. The highest BCUT2D eigenvalue weighted by atomic mass is 16.6. The number of hydrogen-bond acceptors (Lipinski definition) is 4. The summed E-state index contributed by atoms with van der Waals surface area (Å²) in [5.41, 5.74) is 0. The Bertz CT molecular complexity index is 318. The molecule has 5 heteroatoms. The Hall–Kier alpha value is -1.70. The van der Waals surface area contributed by atoms with Gasteiger partial charge in [0, 0.05) is 5.92 Å². The quantitative estimate of drug-likeness (QED) is 0.589. The summed E-state index contributed by atoms with van der Waals surface area (Å²) in [6, 6.07) is 1.89. The van der Waals surface area contributed by atoms with E-state index in [9.17, 15) is 4.79 Å². The van der Waals surface area contributed by atoms with E-state index in [-0.39, 0.29) is 17.8 Å². The summed E-state index contributed by atoms with van der Waals surface area (Å²) in [7, 11) is 0. The van der Waals surface area contributed by atoms with Crippen molar-refractivity contribution >= 4 is 6.09 Å². The third kappa shape index (κ3) is 1.20. The molecule has 68 valence electrons. The highest BCUT2D eigenvalue weighted by Crippen LogP contribution is 2.26. The van der Waals surface area contributed by atoms with Gasteiger partial charge in [-0.15, -0.1) is 0 Å². The van der Waals surface area contributed by atoms with E-state index >= 15 is 0 Å². The molecule has 0 spiro atoms. The first-order chi connectivity index (χ1) is 6.20. The molecule has 2 aliphatic heterocycles. The zero-order valence-corrected chi connectivity index (χ0v) is 6.98. The molecule has 1 fully saturated rings. The van der Waals surface area contributed by atoms with Crippen LogP contribution in [0.15, 0.2) is 11.8 Å². The fourth-order valence-corrected chi connectivity index (χ4v) is 1.47. The van der Waals surface area contributed by atoms with Gasteiger partial charge in [-0.2, -0.15) is 5.26 Å². The minimum atomic E-state index is -0.512. The number of nitrogens with one attached hydrogen (secondary N) is 1. The van der Waals surface area contributed by atoms with Crippen molar-refractivity contribution in [3.63, 3.8) is 0 Å². The summed E-state index contributed by atoms with van der Waals surface area (Å²) in [6.45, 7) is 1.87. The minimum absolute atomic E-state index is 0.00681. The molecule has 5 nitrogen and oxygen atoms in total. The van der Waals surface area contributed by atoms with E-state index in [2.05, 4.69) is 5.32 Å². The minimum Gasteiger partial charge on any atom is -0.457 e. The Kier molecular flexibility index (Phi) is 1.62. The lowest BCUT2D eigenvalue weighted by Gasteiger charge is -2.25. The van der Waals surface area contributed by atoms with Crippen molar-refractivity contribution in [2.75, 3.05) is 0 Å². The maximum absolute atomic E-state index is 10.8. The van der Waals surface area contributed by atoms with E-state index < -0.39 is 12.3 Å². The van der Waals surface area contributed by atoms with Crippen LogP contribution in [-0.2, 0) is 9.47 Å². The highest BCUT2D eigenvalue weighted by molar-refractivity contribution is 5.70. The van der Waals surface area contributed by atoms with Crippen LogP contribution in [0.1, 0.15) is 6.92 Å². The molecule has 3 atom stereocenters. The van der Waals surface area contributed by atoms with Crippen molar-refractivity contribution in [3.05, 3.63) is 11.8 Å². The predicted molar refractivity (Wildman–Crippen MR) is 41.1 cm³/mol. The summed E-state index contributed by atoms with van der Waals surface area (Å²) in [6.07, 6.45) is 0.336. The number of fused-ring (bicyclic) bond motifs is 1. The average molecular weight is 180 g/mol. The van der Waals surface area contributed by atoms with Crippen molar-refractivity contribution in [1.29, 1.82) is 5.26 Å². The van der Waals surface area contributed by atoms with Gasteiger partial charge in [-0.25, -0.2) is 4.79 Å². The number of allylic oxidation sites excluding steroid dienone is 1. The molecule has 1 saturated heterocycles. The Morgan fingerprint density at radius 3 is 3.08 bits per heavy atom. The molecule has 0 aromatic heterocycles. The number of carbonyl (C=O) groups is 1. The number of hydrogen-bond donors (Lipinski definition) is 1. The van der Waals surface area contributed by atoms with Gasteiger partial charge in [-0.05, 0) is 6.08 Å². The fourth-order valence-electron chi connectivity index (χ4n) is 1.47. The van der Waals surface area contributed by atoms with Gasteiger partial charge in [0.15, 0.2) is 11.9 Å². The van der Waals surface area contributed by atoms with Gasteiger partial charge in [0.05, 0.1) is 0 Å². The van der Waals surface area contributed by atoms with Crippen LogP contribution in [0.3, 0.4) is 0 Å². The molecule has 0 bridgehead atoms. The van der Waals surface area contributed by atoms with Crippen LogP contribution in [-0.4, -0.2) is 18.4 Å². The average Bonchev–Trinajstić information content (AvgIpc) is 2.46. The second-order valence-corrected chi connectivity index (χ2v) is 3.05. The molecule has 0 aromatic carbocycles. The Morgan fingerprint density at radius 1 is 1.62 bits per heavy atom. The Labute approximate surface area is 74.9 Å². The zero-order chi connectivity index (χ0) is 9.42. The van der Waals surface area contributed by atoms with E-state index in [0.29, 0.717) is 0 Å². The molecule has 2 heterocycles. The van der Waals surface area contributed by atoms with Crippen LogP contribution in [0.25, 0.3) is 0 Å².